The summed E-state index contributed by atoms with van der Waals surface area (Å²) in [4.78, 5) is 36.2. The number of imidazole rings is 1. The Bertz CT molecular complexity index is 1000. The first-order chi connectivity index (χ1) is 15.8. The average molecular weight is 481 g/mol. The molecule has 12 nitrogen and oxygen atoms in total. The van der Waals surface area contributed by atoms with Gasteiger partial charge in [0.15, 0.2) is 5.95 Å². The standard InChI is InChI=1S/C20H28N6O6S/c27-18(12-15-11-14(25-32-15)5-4-8-21-20-22-9-10-23-20)24-13-17(19(28)29)26-33(30,31)16-6-2-1-3-7-16/h1-3,6-7,9-10,14-15,17,25-26H,4-5,8,11-13H2,(H,24,27)(H,28,29)(H2,21,22,23). The maximum Gasteiger partial charge on any atom is 0.323 e. The lowest BCUT2D eigenvalue weighted by molar-refractivity contribution is -0.139. The molecule has 33 heavy (non-hydrogen) atoms. The lowest BCUT2D eigenvalue weighted by Gasteiger charge is -2.16. The van der Waals surface area contributed by atoms with E-state index in [0.717, 1.165) is 19.4 Å². The second-order valence-corrected chi connectivity index (χ2v) is 9.34. The Kier molecular flexibility index (Phi) is 8.77. The molecule has 2 aromatic rings. The summed E-state index contributed by atoms with van der Waals surface area (Å²) in [6.07, 6.45) is 5.44. The van der Waals surface area contributed by atoms with Crippen molar-refractivity contribution in [1.29, 1.82) is 0 Å². The highest BCUT2D eigenvalue weighted by atomic mass is 32.2. The molecule has 1 amide bonds. The van der Waals surface area contributed by atoms with E-state index in [1.54, 1.807) is 18.5 Å². The molecule has 3 atom stereocenters. The van der Waals surface area contributed by atoms with Crippen LogP contribution in [-0.2, 0) is 24.4 Å². The van der Waals surface area contributed by atoms with E-state index in [1.807, 2.05) is 0 Å². The van der Waals surface area contributed by atoms with Gasteiger partial charge in [-0.05, 0) is 31.4 Å². The zero-order valence-electron chi connectivity index (χ0n) is 17.9. The summed E-state index contributed by atoms with van der Waals surface area (Å²) < 4.78 is 26.8. The lowest BCUT2D eigenvalue weighted by Crippen LogP contribution is -2.48. The van der Waals surface area contributed by atoms with E-state index in [4.69, 9.17) is 4.84 Å². The van der Waals surface area contributed by atoms with Crippen molar-refractivity contribution in [3.8, 4) is 0 Å². The van der Waals surface area contributed by atoms with Crippen LogP contribution in [0, 0.1) is 0 Å². The number of carboxylic acid groups (broad SMARTS) is 1. The molecule has 1 aromatic heterocycles. The van der Waals surface area contributed by atoms with Crippen LogP contribution in [0.5, 0.6) is 0 Å². The highest BCUT2D eigenvalue weighted by molar-refractivity contribution is 7.89. The fourth-order valence-electron chi connectivity index (χ4n) is 3.35. The summed E-state index contributed by atoms with van der Waals surface area (Å²) in [5.74, 6) is -1.10. The van der Waals surface area contributed by atoms with Crippen molar-refractivity contribution in [1.82, 2.24) is 25.5 Å². The zero-order chi connectivity index (χ0) is 23.7. The zero-order valence-corrected chi connectivity index (χ0v) is 18.7. The number of anilines is 1. The SMILES string of the molecule is O=C(CC1CC(CCCNc2ncc[nH]2)NO1)NCC(NS(=O)(=O)c1ccccc1)C(=O)O. The Hall–Kier alpha value is -3.00. The highest BCUT2D eigenvalue weighted by Crippen LogP contribution is 2.17. The monoisotopic (exact) mass is 480 g/mol. The lowest BCUT2D eigenvalue weighted by atomic mass is 10.0. The molecule has 0 bridgehead atoms. The van der Waals surface area contributed by atoms with Crippen LogP contribution in [0.3, 0.4) is 0 Å². The summed E-state index contributed by atoms with van der Waals surface area (Å²) in [6.45, 7) is 0.356. The number of carboxylic acids is 1. The van der Waals surface area contributed by atoms with E-state index >= 15 is 0 Å². The Balaban J connectivity index is 1.37. The van der Waals surface area contributed by atoms with Crippen LogP contribution in [0.25, 0.3) is 0 Å². The molecule has 1 aliphatic heterocycles. The molecule has 6 N–H and O–H groups in total. The van der Waals surface area contributed by atoms with Crippen molar-refractivity contribution in [2.75, 3.05) is 18.4 Å². The van der Waals surface area contributed by atoms with Gasteiger partial charge in [0.25, 0.3) is 0 Å². The van der Waals surface area contributed by atoms with Gasteiger partial charge < -0.3 is 20.7 Å². The quantitative estimate of drug-likeness (QED) is 0.219. The number of aliphatic carboxylic acids is 1. The fraction of sp³-hybridized carbons (Fsp3) is 0.450. The molecule has 0 saturated carbocycles. The second kappa shape index (κ2) is 11.7. The number of hydroxylamine groups is 1. The Morgan fingerprint density at radius 1 is 1.27 bits per heavy atom. The van der Waals surface area contributed by atoms with E-state index in [9.17, 15) is 23.1 Å². The predicted molar refractivity (Wildman–Crippen MR) is 119 cm³/mol. The normalized spacial score (nSPS) is 19.2. The van der Waals surface area contributed by atoms with Crippen molar-refractivity contribution in [3.63, 3.8) is 0 Å². The number of carbonyl (C=O) groups is 2. The van der Waals surface area contributed by atoms with Crippen LogP contribution in [0.1, 0.15) is 25.7 Å². The molecular weight excluding hydrogens is 452 g/mol. The summed E-state index contributed by atoms with van der Waals surface area (Å²) in [7, 11) is -4.04. The third-order valence-electron chi connectivity index (χ3n) is 5.03. The van der Waals surface area contributed by atoms with Gasteiger partial charge in [-0.2, -0.15) is 10.2 Å². The van der Waals surface area contributed by atoms with Gasteiger partial charge in [-0.1, -0.05) is 18.2 Å². The van der Waals surface area contributed by atoms with Gasteiger partial charge in [-0.15, -0.1) is 0 Å². The summed E-state index contributed by atoms with van der Waals surface area (Å²) in [5, 5.41) is 15.0. The number of hydrogen-bond acceptors (Lipinski definition) is 8. The number of nitrogens with one attached hydrogen (secondary N) is 5. The van der Waals surface area contributed by atoms with Crippen LogP contribution in [0.15, 0.2) is 47.6 Å². The smallest absolute Gasteiger partial charge is 0.323 e. The fourth-order valence-corrected chi connectivity index (χ4v) is 4.56. The first-order valence-electron chi connectivity index (χ1n) is 10.5. The molecule has 3 rings (SSSR count). The number of aromatic nitrogens is 2. The average Bonchev–Trinajstić information content (AvgIpc) is 3.47. The number of aromatic amines is 1. The van der Waals surface area contributed by atoms with E-state index in [0.29, 0.717) is 12.4 Å². The molecule has 1 aliphatic rings. The molecular formula is C20H28N6O6S. The van der Waals surface area contributed by atoms with Gasteiger partial charge in [-0.3, -0.25) is 14.4 Å². The Morgan fingerprint density at radius 3 is 2.76 bits per heavy atom. The summed E-state index contributed by atoms with van der Waals surface area (Å²) in [6, 6.07) is 6.02. The van der Waals surface area contributed by atoms with Gasteiger partial charge in [-0.25, -0.2) is 13.4 Å². The van der Waals surface area contributed by atoms with E-state index in [-0.39, 0.29) is 30.0 Å². The number of sulfonamides is 1. The van der Waals surface area contributed by atoms with E-state index in [1.165, 1.54) is 24.3 Å². The van der Waals surface area contributed by atoms with Gasteiger partial charge >= 0.3 is 5.97 Å². The molecule has 0 spiro atoms. The number of hydrogen-bond donors (Lipinski definition) is 6. The molecule has 180 valence electrons. The number of nitrogens with zero attached hydrogens (tertiary/aromatic N) is 1. The third-order valence-corrected chi connectivity index (χ3v) is 6.52. The molecule has 13 heteroatoms. The predicted octanol–water partition coefficient (Wildman–Crippen LogP) is 0.202. The third kappa shape index (κ3) is 7.82. The molecule has 0 aliphatic carbocycles. The molecule has 1 saturated heterocycles. The van der Waals surface area contributed by atoms with Gasteiger partial charge in [0.1, 0.15) is 6.04 Å². The van der Waals surface area contributed by atoms with Crippen LogP contribution >= 0.6 is 0 Å². The molecule has 0 radical (unpaired) electrons. The van der Waals surface area contributed by atoms with Crippen LogP contribution in [-0.4, -0.2) is 66.6 Å². The van der Waals surface area contributed by atoms with Crippen molar-refractivity contribution in [2.45, 2.75) is 48.8 Å². The number of carbonyl (C=O) groups excluding carboxylic acids is 1. The number of rotatable bonds is 13. The van der Waals surface area contributed by atoms with Crippen LogP contribution in [0.4, 0.5) is 5.95 Å². The van der Waals surface area contributed by atoms with Gasteiger partial charge in [0.05, 0.1) is 17.4 Å². The van der Waals surface area contributed by atoms with Crippen molar-refractivity contribution in [3.05, 3.63) is 42.7 Å². The van der Waals surface area contributed by atoms with Gasteiger partial charge in [0.2, 0.25) is 15.9 Å². The topological polar surface area (TPSA) is 175 Å². The highest BCUT2D eigenvalue weighted by Gasteiger charge is 2.29. The summed E-state index contributed by atoms with van der Waals surface area (Å²) >= 11 is 0. The van der Waals surface area contributed by atoms with Crippen molar-refractivity contribution >= 4 is 27.8 Å². The minimum atomic E-state index is -4.04. The molecule has 2 heterocycles. The number of H-pyrrole nitrogens is 1. The first kappa shape index (κ1) is 24.6. The first-order valence-corrected chi connectivity index (χ1v) is 12.0. The van der Waals surface area contributed by atoms with Crippen LogP contribution < -0.4 is 20.8 Å². The number of benzene rings is 1. The van der Waals surface area contributed by atoms with Crippen molar-refractivity contribution < 1.29 is 28.0 Å². The molecule has 3 unspecified atom stereocenters. The minimum absolute atomic E-state index is 0.0337. The largest absolute Gasteiger partial charge is 0.480 e. The van der Waals surface area contributed by atoms with Crippen molar-refractivity contribution in [2.24, 2.45) is 0 Å². The molecule has 1 aromatic carbocycles. The Morgan fingerprint density at radius 2 is 2.06 bits per heavy atom. The van der Waals surface area contributed by atoms with E-state index in [2.05, 4.69) is 30.8 Å². The number of amides is 1. The maximum absolute atomic E-state index is 12.4. The Labute approximate surface area is 191 Å². The second-order valence-electron chi connectivity index (χ2n) is 7.63. The molecule has 1 fully saturated rings. The van der Waals surface area contributed by atoms with Crippen LogP contribution in [0.2, 0.25) is 0 Å². The maximum atomic E-state index is 12.4. The van der Waals surface area contributed by atoms with E-state index < -0.39 is 27.9 Å². The van der Waals surface area contributed by atoms with Gasteiger partial charge in [0, 0.05) is 31.5 Å². The minimum Gasteiger partial charge on any atom is -0.480 e. The summed E-state index contributed by atoms with van der Waals surface area (Å²) in [5.41, 5.74) is 2.92.